The van der Waals surface area contributed by atoms with Crippen LogP contribution in [0, 0.1) is 0 Å². The van der Waals surface area contributed by atoms with Gasteiger partial charge in [-0.2, -0.15) is 5.10 Å². The number of carbonyl (C=O) groups excluding carboxylic acids is 1. The fourth-order valence-corrected chi connectivity index (χ4v) is 3.87. The smallest absolute Gasteiger partial charge is 0.223 e. The van der Waals surface area contributed by atoms with Crippen molar-refractivity contribution in [1.29, 1.82) is 0 Å². The van der Waals surface area contributed by atoms with Gasteiger partial charge in [-0.15, -0.1) is 10.2 Å². The Hall–Kier alpha value is -3.71. The molecule has 0 saturated carbocycles. The average Bonchev–Trinajstić information content (AvgIpc) is 3.42. The van der Waals surface area contributed by atoms with E-state index in [-0.39, 0.29) is 5.91 Å². The number of aryl methyl sites for hydroxylation is 1. The Morgan fingerprint density at radius 1 is 1.03 bits per heavy atom. The van der Waals surface area contributed by atoms with Gasteiger partial charge in [-0.1, -0.05) is 54.1 Å². The predicted octanol–water partition coefficient (Wildman–Crippen LogP) is 4.29. The van der Waals surface area contributed by atoms with E-state index < -0.39 is 0 Å². The number of nitrogens with zero attached hydrogens (tertiary/aromatic N) is 6. The Kier molecular flexibility index (Phi) is 5.33. The Morgan fingerprint density at radius 3 is 2.59 bits per heavy atom. The maximum atomic E-state index is 12.6. The highest BCUT2D eigenvalue weighted by Crippen LogP contribution is 2.23. The average molecular weight is 445 g/mol. The number of benzene rings is 2. The largest absolute Gasteiger partial charge is 0.341 e. The first-order chi connectivity index (χ1) is 15.6. The fraction of sp³-hybridized carbons (Fsp3) is 0.167. The Bertz CT molecular complexity index is 1390. The number of halogens is 1. The van der Waals surface area contributed by atoms with Gasteiger partial charge >= 0.3 is 0 Å². The van der Waals surface area contributed by atoms with E-state index >= 15 is 0 Å². The summed E-state index contributed by atoms with van der Waals surface area (Å²) in [5.41, 5.74) is 4.47. The van der Waals surface area contributed by atoms with Gasteiger partial charge in [-0.25, -0.2) is 4.52 Å². The van der Waals surface area contributed by atoms with E-state index in [0.29, 0.717) is 30.1 Å². The molecule has 0 unspecified atom stereocenters. The van der Waals surface area contributed by atoms with Crippen LogP contribution in [0.2, 0.25) is 5.02 Å². The third kappa shape index (κ3) is 3.94. The first-order valence-corrected chi connectivity index (χ1v) is 10.7. The van der Waals surface area contributed by atoms with Crippen LogP contribution in [0.4, 0.5) is 0 Å². The zero-order valence-corrected chi connectivity index (χ0v) is 18.3. The van der Waals surface area contributed by atoms with Gasteiger partial charge in [-0.05, 0) is 23.8 Å². The SMILES string of the molecule is CN(Cc1ccccc1)C(=O)CCc1nnc2c3cc(-c4ccc(Cl)cc4)nn3ccn12. The molecule has 0 spiro atoms. The molecule has 2 aromatic carbocycles. The molecule has 0 N–H and O–H groups in total. The molecular formula is C24H21ClN6O. The van der Waals surface area contributed by atoms with Crippen molar-refractivity contribution in [3.8, 4) is 11.3 Å². The van der Waals surface area contributed by atoms with Crippen LogP contribution in [0.1, 0.15) is 17.8 Å². The van der Waals surface area contributed by atoms with Crippen molar-refractivity contribution in [3.05, 3.63) is 89.5 Å². The van der Waals surface area contributed by atoms with E-state index in [4.69, 9.17) is 11.6 Å². The van der Waals surface area contributed by atoms with Gasteiger partial charge in [0, 0.05) is 49.4 Å². The maximum Gasteiger partial charge on any atom is 0.223 e. The molecule has 1 amide bonds. The monoisotopic (exact) mass is 444 g/mol. The van der Waals surface area contributed by atoms with E-state index in [1.165, 1.54) is 0 Å². The van der Waals surface area contributed by atoms with Crippen LogP contribution in [0.5, 0.6) is 0 Å². The van der Waals surface area contributed by atoms with Gasteiger partial charge < -0.3 is 4.90 Å². The van der Waals surface area contributed by atoms with Crippen LogP contribution in [0.3, 0.4) is 0 Å². The summed E-state index contributed by atoms with van der Waals surface area (Å²) < 4.78 is 3.71. The van der Waals surface area contributed by atoms with Crippen LogP contribution < -0.4 is 0 Å². The third-order valence-electron chi connectivity index (χ3n) is 5.48. The summed E-state index contributed by atoms with van der Waals surface area (Å²) in [7, 11) is 1.82. The van der Waals surface area contributed by atoms with Gasteiger partial charge in [0.25, 0.3) is 0 Å². The molecule has 0 bridgehead atoms. The van der Waals surface area contributed by atoms with Gasteiger partial charge in [-0.3, -0.25) is 9.20 Å². The molecule has 160 valence electrons. The molecule has 3 heterocycles. The number of amides is 1. The van der Waals surface area contributed by atoms with Crippen molar-refractivity contribution in [2.75, 3.05) is 7.05 Å². The number of hydrogen-bond acceptors (Lipinski definition) is 4. The maximum absolute atomic E-state index is 12.6. The first kappa shape index (κ1) is 20.2. The lowest BCUT2D eigenvalue weighted by molar-refractivity contribution is -0.130. The molecule has 8 heteroatoms. The summed E-state index contributed by atoms with van der Waals surface area (Å²) in [5.74, 6) is 0.819. The topological polar surface area (TPSA) is 67.8 Å². The lowest BCUT2D eigenvalue weighted by Gasteiger charge is -2.17. The molecule has 0 aliphatic heterocycles. The fourth-order valence-electron chi connectivity index (χ4n) is 3.75. The number of aromatic nitrogens is 5. The lowest BCUT2D eigenvalue weighted by atomic mass is 10.1. The second-order valence-electron chi connectivity index (χ2n) is 7.71. The minimum atomic E-state index is 0.0704. The highest BCUT2D eigenvalue weighted by molar-refractivity contribution is 6.30. The number of hydrogen-bond donors (Lipinski definition) is 0. The van der Waals surface area contributed by atoms with Crippen LogP contribution >= 0.6 is 11.6 Å². The second-order valence-corrected chi connectivity index (χ2v) is 8.15. The van der Waals surface area contributed by atoms with Crippen molar-refractivity contribution in [1.82, 2.24) is 29.1 Å². The van der Waals surface area contributed by atoms with E-state index in [2.05, 4.69) is 15.3 Å². The van der Waals surface area contributed by atoms with E-state index in [9.17, 15) is 4.79 Å². The third-order valence-corrected chi connectivity index (χ3v) is 5.73. The zero-order valence-electron chi connectivity index (χ0n) is 17.5. The molecule has 0 saturated heterocycles. The van der Waals surface area contributed by atoms with Crippen molar-refractivity contribution in [3.63, 3.8) is 0 Å². The van der Waals surface area contributed by atoms with Gasteiger partial charge in [0.15, 0.2) is 5.65 Å². The summed E-state index contributed by atoms with van der Waals surface area (Å²) in [5, 5.41) is 14.0. The Balaban J connectivity index is 1.34. The number of rotatable bonds is 6. The standard InChI is InChI=1S/C24H21ClN6O/c1-29(16-17-5-3-2-4-6-17)23(32)12-11-22-26-27-24-21-15-20(18-7-9-19(25)10-8-18)28-31(21)14-13-30(22)24/h2-10,13-15H,11-12,16H2,1H3. The molecular weight excluding hydrogens is 424 g/mol. The summed E-state index contributed by atoms with van der Waals surface area (Å²) >= 11 is 6.00. The quantitative estimate of drug-likeness (QED) is 0.392. The molecule has 7 nitrogen and oxygen atoms in total. The molecule has 5 aromatic rings. The zero-order chi connectivity index (χ0) is 22.1. The number of carbonyl (C=O) groups is 1. The second kappa shape index (κ2) is 8.43. The molecule has 0 aliphatic carbocycles. The Labute approximate surface area is 189 Å². The highest BCUT2D eigenvalue weighted by atomic mass is 35.5. The molecule has 32 heavy (non-hydrogen) atoms. The summed E-state index contributed by atoms with van der Waals surface area (Å²) in [6, 6.07) is 19.5. The first-order valence-electron chi connectivity index (χ1n) is 10.3. The van der Waals surface area contributed by atoms with Crippen LogP contribution in [-0.2, 0) is 17.8 Å². The van der Waals surface area contributed by atoms with Crippen molar-refractivity contribution in [2.24, 2.45) is 0 Å². The summed E-state index contributed by atoms with van der Waals surface area (Å²) in [4.78, 5) is 14.4. The Morgan fingerprint density at radius 2 is 1.81 bits per heavy atom. The van der Waals surface area contributed by atoms with Gasteiger partial charge in [0.1, 0.15) is 11.3 Å². The van der Waals surface area contributed by atoms with E-state index in [0.717, 1.165) is 28.2 Å². The summed E-state index contributed by atoms with van der Waals surface area (Å²) in [6.45, 7) is 0.587. The lowest BCUT2D eigenvalue weighted by Crippen LogP contribution is -2.26. The minimum absolute atomic E-state index is 0.0704. The van der Waals surface area contributed by atoms with Crippen LogP contribution in [0.25, 0.3) is 22.4 Å². The van der Waals surface area contributed by atoms with Gasteiger partial charge in [0.2, 0.25) is 5.91 Å². The molecule has 0 fully saturated rings. The normalized spacial score (nSPS) is 11.3. The molecule has 0 radical (unpaired) electrons. The van der Waals surface area contributed by atoms with Crippen molar-refractivity contribution >= 4 is 28.7 Å². The predicted molar refractivity (Wildman–Crippen MR) is 123 cm³/mol. The molecule has 0 aliphatic rings. The van der Waals surface area contributed by atoms with Crippen LogP contribution in [0.15, 0.2) is 73.1 Å². The van der Waals surface area contributed by atoms with Crippen molar-refractivity contribution in [2.45, 2.75) is 19.4 Å². The molecule has 3 aromatic heterocycles. The molecule has 5 rings (SSSR count). The summed E-state index contributed by atoms with van der Waals surface area (Å²) in [6.07, 6.45) is 4.63. The van der Waals surface area contributed by atoms with E-state index in [1.807, 2.05) is 84.5 Å². The van der Waals surface area contributed by atoms with Gasteiger partial charge in [0.05, 0.1) is 5.69 Å². The molecule has 0 atom stereocenters. The van der Waals surface area contributed by atoms with Crippen molar-refractivity contribution < 1.29 is 4.79 Å². The minimum Gasteiger partial charge on any atom is -0.341 e. The van der Waals surface area contributed by atoms with Crippen LogP contribution in [-0.4, -0.2) is 42.1 Å². The number of fused-ring (bicyclic) bond motifs is 3. The highest BCUT2D eigenvalue weighted by Gasteiger charge is 2.15. The van der Waals surface area contributed by atoms with E-state index in [1.54, 1.807) is 9.42 Å².